The van der Waals surface area contributed by atoms with E-state index in [1.807, 2.05) is 4.57 Å². The minimum Gasteiger partial charge on any atom is -0.317 e. The molecule has 3 aromatic rings. The quantitative estimate of drug-likeness (QED) is 0.780. The number of rotatable bonds is 3. The molecule has 0 spiro atoms. The first-order chi connectivity index (χ1) is 11.2. The molecule has 0 atom stereocenters. The Bertz CT molecular complexity index is 908. The predicted molar refractivity (Wildman–Crippen MR) is 90.2 cm³/mol. The van der Waals surface area contributed by atoms with Gasteiger partial charge in [-0.3, -0.25) is 5.41 Å². The molecule has 1 N–H and O–H groups in total. The zero-order valence-corrected chi connectivity index (χ0v) is 13.6. The Morgan fingerprint density at radius 1 is 1.17 bits per heavy atom. The van der Waals surface area contributed by atoms with Crippen molar-refractivity contribution in [3.05, 3.63) is 57.9 Å². The van der Waals surface area contributed by atoms with Gasteiger partial charge in [-0.05, 0) is 55.4 Å². The van der Waals surface area contributed by atoms with E-state index in [2.05, 4.69) is 4.98 Å². The Morgan fingerprint density at radius 3 is 2.78 bits per heavy atom. The fourth-order valence-electron chi connectivity index (χ4n) is 3.28. The van der Waals surface area contributed by atoms with Crippen LogP contribution in [0.2, 0.25) is 0 Å². The molecule has 23 heavy (non-hydrogen) atoms. The maximum absolute atomic E-state index is 13.0. The molecule has 0 aliphatic heterocycles. The van der Waals surface area contributed by atoms with Crippen molar-refractivity contribution in [3.8, 4) is 0 Å². The van der Waals surface area contributed by atoms with Gasteiger partial charge in [-0.2, -0.15) is 0 Å². The summed E-state index contributed by atoms with van der Waals surface area (Å²) in [7, 11) is 0. The molecule has 0 radical (unpaired) electrons. The van der Waals surface area contributed by atoms with Crippen LogP contribution in [0.5, 0.6) is 0 Å². The van der Waals surface area contributed by atoms with Crippen LogP contribution in [0.4, 0.5) is 4.39 Å². The Hall–Kier alpha value is -2.01. The Labute approximate surface area is 137 Å². The second-order valence-corrected chi connectivity index (χ2v) is 7.14. The maximum atomic E-state index is 13.0. The van der Waals surface area contributed by atoms with Gasteiger partial charge in [0.25, 0.3) is 0 Å². The topological polar surface area (TPSA) is 41.7 Å². The molecule has 1 aliphatic carbocycles. The standard InChI is InChI=1S/C18H18FN3S/c19-13-7-5-12(6-8-13)9-10-22-11-21-18-16(17(22)20)14-3-1-2-4-15(14)23-18/h5-8,11,20H,1-4,9-10H2. The van der Waals surface area contributed by atoms with Crippen LogP contribution in [-0.2, 0) is 25.8 Å². The highest BCUT2D eigenvalue weighted by atomic mass is 32.1. The normalized spacial score (nSPS) is 14.1. The third-order valence-corrected chi connectivity index (χ3v) is 5.75. The van der Waals surface area contributed by atoms with Crippen molar-refractivity contribution in [2.75, 3.05) is 0 Å². The summed E-state index contributed by atoms with van der Waals surface area (Å²) in [6, 6.07) is 6.58. The molecule has 0 amide bonds. The van der Waals surface area contributed by atoms with E-state index in [1.165, 1.54) is 35.4 Å². The molecule has 4 rings (SSSR count). The van der Waals surface area contributed by atoms with Gasteiger partial charge in [-0.25, -0.2) is 9.37 Å². The molecule has 3 nitrogen and oxygen atoms in total. The average molecular weight is 327 g/mol. The van der Waals surface area contributed by atoms with Gasteiger partial charge in [0.05, 0.1) is 11.7 Å². The number of halogens is 1. The molecule has 0 saturated heterocycles. The first kappa shape index (κ1) is 14.6. The molecule has 0 fully saturated rings. The molecule has 1 aromatic carbocycles. The molecule has 2 heterocycles. The Morgan fingerprint density at radius 2 is 1.96 bits per heavy atom. The maximum Gasteiger partial charge on any atom is 0.136 e. The van der Waals surface area contributed by atoms with E-state index < -0.39 is 0 Å². The molecule has 1 aliphatic rings. The molecule has 118 valence electrons. The molecule has 0 saturated carbocycles. The number of hydrogen-bond acceptors (Lipinski definition) is 3. The van der Waals surface area contributed by atoms with E-state index in [-0.39, 0.29) is 5.82 Å². The van der Waals surface area contributed by atoms with Crippen molar-refractivity contribution in [1.29, 1.82) is 5.41 Å². The van der Waals surface area contributed by atoms with Gasteiger partial charge in [-0.15, -0.1) is 11.3 Å². The summed E-state index contributed by atoms with van der Waals surface area (Å²) >= 11 is 1.75. The predicted octanol–water partition coefficient (Wildman–Crippen LogP) is 3.84. The van der Waals surface area contributed by atoms with Crippen LogP contribution in [0, 0.1) is 11.2 Å². The zero-order chi connectivity index (χ0) is 15.8. The minimum absolute atomic E-state index is 0.212. The van der Waals surface area contributed by atoms with Crippen LogP contribution in [0.3, 0.4) is 0 Å². The summed E-state index contributed by atoms with van der Waals surface area (Å²) in [5, 5.41) is 9.61. The molecule has 5 heteroatoms. The summed E-state index contributed by atoms with van der Waals surface area (Å²) in [6.45, 7) is 0.692. The van der Waals surface area contributed by atoms with Gasteiger partial charge < -0.3 is 4.57 Å². The van der Waals surface area contributed by atoms with E-state index in [1.54, 1.807) is 29.8 Å². The molecule has 0 unspecified atom stereocenters. The Kier molecular flexibility index (Phi) is 3.73. The van der Waals surface area contributed by atoms with Crippen molar-refractivity contribution in [1.82, 2.24) is 9.55 Å². The van der Waals surface area contributed by atoms with Gasteiger partial charge in [0.2, 0.25) is 0 Å². The largest absolute Gasteiger partial charge is 0.317 e. The third-order valence-electron chi connectivity index (χ3n) is 4.55. The Balaban J connectivity index is 1.66. The lowest BCUT2D eigenvalue weighted by atomic mass is 9.97. The second-order valence-electron chi connectivity index (χ2n) is 6.05. The van der Waals surface area contributed by atoms with E-state index in [4.69, 9.17) is 5.41 Å². The highest BCUT2D eigenvalue weighted by Crippen LogP contribution is 2.33. The number of aromatic nitrogens is 2. The van der Waals surface area contributed by atoms with Crippen molar-refractivity contribution in [2.45, 2.75) is 38.6 Å². The van der Waals surface area contributed by atoms with Crippen molar-refractivity contribution in [2.24, 2.45) is 0 Å². The van der Waals surface area contributed by atoms with E-state index >= 15 is 0 Å². The van der Waals surface area contributed by atoms with Crippen LogP contribution >= 0.6 is 11.3 Å². The average Bonchev–Trinajstić information content (AvgIpc) is 2.95. The summed E-state index contributed by atoms with van der Waals surface area (Å²) in [6.07, 6.45) is 7.21. The van der Waals surface area contributed by atoms with E-state index in [0.717, 1.165) is 35.0 Å². The first-order valence-corrected chi connectivity index (χ1v) is 8.83. The van der Waals surface area contributed by atoms with Crippen LogP contribution < -0.4 is 5.49 Å². The van der Waals surface area contributed by atoms with Gasteiger partial charge >= 0.3 is 0 Å². The van der Waals surface area contributed by atoms with Crippen LogP contribution in [-0.4, -0.2) is 9.55 Å². The summed E-state index contributed by atoms with van der Waals surface area (Å²) < 4.78 is 14.9. The first-order valence-electron chi connectivity index (χ1n) is 8.01. The van der Waals surface area contributed by atoms with Gasteiger partial charge in [0.1, 0.15) is 16.1 Å². The SMILES string of the molecule is N=c1c2c3c(sc2ncn1CCc1ccc(F)cc1)CCCC3. The lowest BCUT2D eigenvalue weighted by Crippen LogP contribution is -2.22. The summed E-state index contributed by atoms with van der Waals surface area (Å²) in [5.74, 6) is -0.212. The van der Waals surface area contributed by atoms with Crippen molar-refractivity contribution < 1.29 is 4.39 Å². The van der Waals surface area contributed by atoms with Crippen molar-refractivity contribution >= 4 is 21.6 Å². The fraction of sp³-hybridized carbons (Fsp3) is 0.333. The van der Waals surface area contributed by atoms with Crippen LogP contribution in [0.1, 0.15) is 28.8 Å². The minimum atomic E-state index is -0.212. The highest BCUT2D eigenvalue weighted by molar-refractivity contribution is 7.18. The number of nitrogens with zero attached hydrogens (tertiary/aromatic N) is 2. The number of hydrogen-bond donors (Lipinski definition) is 1. The van der Waals surface area contributed by atoms with Gasteiger partial charge in [0.15, 0.2) is 0 Å². The number of aryl methyl sites for hydroxylation is 4. The third kappa shape index (κ3) is 2.70. The number of fused-ring (bicyclic) bond motifs is 3. The van der Waals surface area contributed by atoms with Crippen LogP contribution in [0.25, 0.3) is 10.2 Å². The number of nitrogens with one attached hydrogen (secondary N) is 1. The van der Waals surface area contributed by atoms with Crippen LogP contribution in [0.15, 0.2) is 30.6 Å². The van der Waals surface area contributed by atoms with E-state index in [0.29, 0.717) is 12.0 Å². The molecular weight excluding hydrogens is 309 g/mol. The summed E-state index contributed by atoms with van der Waals surface area (Å²) in [5.41, 5.74) is 2.99. The molecule has 0 bridgehead atoms. The second kappa shape index (κ2) is 5.89. The molecule has 2 aromatic heterocycles. The highest BCUT2D eigenvalue weighted by Gasteiger charge is 2.18. The fourth-order valence-corrected chi connectivity index (χ4v) is 4.51. The number of thiophene rings is 1. The van der Waals surface area contributed by atoms with Gasteiger partial charge in [0, 0.05) is 11.4 Å². The zero-order valence-electron chi connectivity index (χ0n) is 12.8. The van der Waals surface area contributed by atoms with E-state index in [9.17, 15) is 4.39 Å². The lowest BCUT2D eigenvalue weighted by molar-refractivity contribution is 0.622. The summed E-state index contributed by atoms with van der Waals surface area (Å²) in [4.78, 5) is 6.99. The number of benzene rings is 1. The molecular formula is C18H18FN3S. The lowest BCUT2D eigenvalue weighted by Gasteiger charge is -2.11. The van der Waals surface area contributed by atoms with Gasteiger partial charge in [-0.1, -0.05) is 12.1 Å². The van der Waals surface area contributed by atoms with Crippen molar-refractivity contribution in [3.63, 3.8) is 0 Å². The smallest absolute Gasteiger partial charge is 0.136 e. The monoisotopic (exact) mass is 327 g/mol.